The molecule has 10 heteroatoms. The third-order valence-electron chi connectivity index (χ3n) is 4.48. The molecule has 1 aromatic heterocycles. The van der Waals surface area contributed by atoms with Crippen molar-refractivity contribution in [3.05, 3.63) is 35.0 Å². The number of carbonyl (C=O) groups excluding carboxylic acids is 2. The van der Waals surface area contributed by atoms with Crippen LogP contribution in [0.15, 0.2) is 24.3 Å². The molecule has 3 rings (SSSR count). The SMILES string of the molecule is CC(C(N)=O)C(=O)Nc1nc(-c2ccc(F)cc2)c(CN2CCC(F)(F)C2)s1. The largest absolute Gasteiger partial charge is 0.369 e. The first-order valence-electron chi connectivity index (χ1n) is 8.60. The van der Waals surface area contributed by atoms with Crippen LogP contribution in [0, 0.1) is 11.7 Å². The summed E-state index contributed by atoms with van der Waals surface area (Å²) in [5.74, 6) is -5.56. The predicted molar refractivity (Wildman–Crippen MR) is 99.3 cm³/mol. The molecule has 150 valence electrons. The molecule has 1 atom stereocenters. The Kier molecular flexibility index (Phi) is 5.71. The van der Waals surface area contributed by atoms with E-state index in [0.717, 1.165) is 11.3 Å². The summed E-state index contributed by atoms with van der Waals surface area (Å²) in [7, 11) is 0. The van der Waals surface area contributed by atoms with E-state index in [4.69, 9.17) is 5.73 Å². The fraction of sp³-hybridized carbons (Fsp3) is 0.389. The van der Waals surface area contributed by atoms with Crippen LogP contribution in [0.25, 0.3) is 11.3 Å². The molecule has 2 heterocycles. The summed E-state index contributed by atoms with van der Waals surface area (Å²) in [6.45, 7) is 1.49. The van der Waals surface area contributed by atoms with Crippen molar-refractivity contribution >= 4 is 28.3 Å². The molecule has 0 saturated carbocycles. The highest BCUT2D eigenvalue weighted by atomic mass is 32.1. The number of alkyl halides is 2. The smallest absolute Gasteiger partial charge is 0.261 e. The fourth-order valence-corrected chi connectivity index (χ4v) is 3.86. The van der Waals surface area contributed by atoms with Gasteiger partial charge >= 0.3 is 0 Å². The standard InChI is InChI=1S/C18H19F3N4O2S/c1-10(15(22)26)16(27)24-17-23-14(11-2-4-12(19)5-3-11)13(28-17)8-25-7-6-18(20,21)9-25/h2-5,10H,6-9H2,1H3,(H2,22,26)(H,23,24,27). The Morgan fingerprint density at radius 1 is 1.36 bits per heavy atom. The second kappa shape index (κ2) is 7.88. The molecule has 6 nitrogen and oxygen atoms in total. The minimum Gasteiger partial charge on any atom is -0.369 e. The summed E-state index contributed by atoms with van der Waals surface area (Å²) >= 11 is 1.13. The molecule has 0 bridgehead atoms. The number of amides is 2. The first kappa shape index (κ1) is 20.3. The van der Waals surface area contributed by atoms with Crippen molar-refractivity contribution in [1.82, 2.24) is 9.88 Å². The maximum absolute atomic E-state index is 13.5. The number of thiazole rings is 1. The number of carbonyl (C=O) groups is 2. The van der Waals surface area contributed by atoms with Crippen LogP contribution in [0.5, 0.6) is 0 Å². The Labute approximate surface area is 163 Å². The van der Waals surface area contributed by atoms with Gasteiger partial charge in [0.15, 0.2) is 5.13 Å². The zero-order chi connectivity index (χ0) is 20.5. The number of rotatable bonds is 6. The molecule has 0 spiro atoms. The number of hydrogen-bond donors (Lipinski definition) is 2. The second-order valence-electron chi connectivity index (χ2n) is 6.73. The number of benzene rings is 1. The lowest BCUT2D eigenvalue weighted by atomic mass is 10.1. The zero-order valence-corrected chi connectivity index (χ0v) is 15.9. The molecular weight excluding hydrogens is 393 g/mol. The van der Waals surface area contributed by atoms with Gasteiger partial charge in [0.05, 0.1) is 12.2 Å². The van der Waals surface area contributed by atoms with Crippen molar-refractivity contribution in [1.29, 1.82) is 0 Å². The Morgan fingerprint density at radius 2 is 2.04 bits per heavy atom. The van der Waals surface area contributed by atoms with E-state index >= 15 is 0 Å². The van der Waals surface area contributed by atoms with Gasteiger partial charge in [-0.1, -0.05) is 11.3 Å². The molecule has 2 amide bonds. The Bertz CT molecular complexity index is 885. The van der Waals surface area contributed by atoms with Crippen molar-refractivity contribution < 1.29 is 22.8 Å². The lowest BCUT2D eigenvalue weighted by Gasteiger charge is -2.15. The first-order valence-corrected chi connectivity index (χ1v) is 9.42. The summed E-state index contributed by atoms with van der Waals surface area (Å²) in [5.41, 5.74) is 6.21. The number of nitrogens with zero attached hydrogens (tertiary/aromatic N) is 2. The molecule has 2 aromatic rings. The zero-order valence-electron chi connectivity index (χ0n) is 15.0. The van der Waals surface area contributed by atoms with E-state index in [1.54, 1.807) is 4.90 Å². The van der Waals surface area contributed by atoms with E-state index in [1.165, 1.54) is 31.2 Å². The maximum Gasteiger partial charge on any atom is 0.261 e. The lowest BCUT2D eigenvalue weighted by Crippen LogP contribution is -2.32. The molecular formula is C18H19F3N4O2S. The molecule has 28 heavy (non-hydrogen) atoms. The number of halogens is 3. The van der Waals surface area contributed by atoms with Crippen LogP contribution in [0.1, 0.15) is 18.2 Å². The van der Waals surface area contributed by atoms with E-state index in [-0.39, 0.29) is 31.2 Å². The molecule has 0 radical (unpaired) electrons. The number of likely N-dealkylation sites (tertiary alicyclic amines) is 1. The molecule has 1 saturated heterocycles. The van der Waals surface area contributed by atoms with Gasteiger partial charge in [0.2, 0.25) is 11.8 Å². The highest BCUT2D eigenvalue weighted by Crippen LogP contribution is 2.35. The number of aromatic nitrogens is 1. The molecule has 0 aliphatic carbocycles. The van der Waals surface area contributed by atoms with Crippen molar-refractivity contribution in [3.8, 4) is 11.3 Å². The topological polar surface area (TPSA) is 88.3 Å². The quantitative estimate of drug-likeness (QED) is 0.714. The van der Waals surface area contributed by atoms with E-state index < -0.39 is 29.5 Å². The normalized spacial score (nSPS) is 17.4. The van der Waals surface area contributed by atoms with Crippen LogP contribution < -0.4 is 11.1 Å². The minimum atomic E-state index is -2.73. The molecule has 1 fully saturated rings. The predicted octanol–water partition coefficient (Wildman–Crippen LogP) is 2.85. The number of hydrogen-bond acceptors (Lipinski definition) is 5. The Balaban J connectivity index is 1.87. The average molecular weight is 412 g/mol. The van der Waals surface area contributed by atoms with Gasteiger partial charge in [-0.2, -0.15) is 0 Å². The third kappa shape index (κ3) is 4.68. The van der Waals surface area contributed by atoms with Gasteiger partial charge in [-0.3, -0.25) is 14.5 Å². The van der Waals surface area contributed by atoms with Gasteiger partial charge < -0.3 is 11.1 Å². The van der Waals surface area contributed by atoms with Gasteiger partial charge in [0, 0.05) is 30.0 Å². The van der Waals surface area contributed by atoms with Crippen LogP contribution in [0.2, 0.25) is 0 Å². The van der Waals surface area contributed by atoms with Crippen LogP contribution in [0.3, 0.4) is 0 Å². The maximum atomic E-state index is 13.5. The van der Waals surface area contributed by atoms with Crippen molar-refractivity contribution in [2.24, 2.45) is 11.7 Å². The summed E-state index contributed by atoms with van der Waals surface area (Å²) in [6, 6.07) is 5.61. The van der Waals surface area contributed by atoms with E-state index in [2.05, 4.69) is 10.3 Å². The number of nitrogens with two attached hydrogens (primary N) is 1. The number of nitrogens with one attached hydrogen (secondary N) is 1. The van der Waals surface area contributed by atoms with E-state index in [1.807, 2.05) is 0 Å². The monoisotopic (exact) mass is 412 g/mol. The lowest BCUT2D eigenvalue weighted by molar-refractivity contribution is -0.129. The second-order valence-corrected chi connectivity index (χ2v) is 7.81. The fourth-order valence-electron chi connectivity index (χ4n) is 2.83. The van der Waals surface area contributed by atoms with Crippen LogP contribution in [-0.2, 0) is 16.1 Å². The number of anilines is 1. The summed E-state index contributed by atoms with van der Waals surface area (Å²) in [4.78, 5) is 29.9. The van der Waals surface area contributed by atoms with E-state index in [0.29, 0.717) is 16.1 Å². The van der Waals surface area contributed by atoms with Crippen molar-refractivity contribution in [3.63, 3.8) is 0 Å². The van der Waals surface area contributed by atoms with Gasteiger partial charge in [0.25, 0.3) is 5.92 Å². The number of primary amides is 1. The minimum absolute atomic E-state index is 0.211. The third-order valence-corrected chi connectivity index (χ3v) is 5.44. The molecule has 3 N–H and O–H groups in total. The molecule has 1 aromatic carbocycles. The van der Waals surface area contributed by atoms with E-state index in [9.17, 15) is 22.8 Å². The average Bonchev–Trinajstić information content (AvgIpc) is 3.17. The first-order chi connectivity index (χ1) is 13.1. The summed E-state index contributed by atoms with van der Waals surface area (Å²) < 4.78 is 40.3. The van der Waals surface area contributed by atoms with Gasteiger partial charge in [0.1, 0.15) is 11.7 Å². The summed E-state index contributed by atoms with van der Waals surface area (Å²) in [6.07, 6.45) is -0.211. The van der Waals surface area contributed by atoms with Gasteiger partial charge in [-0.25, -0.2) is 18.2 Å². The van der Waals surface area contributed by atoms with Crippen LogP contribution >= 0.6 is 11.3 Å². The summed E-state index contributed by atoms with van der Waals surface area (Å²) in [5, 5.41) is 2.75. The Morgan fingerprint density at radius 3 is 2.61 bits per heavy atom. The highest BCUT2D eigenvalue weighted by molar-refractivity contribution is 7.16. The van der Waals surface area contributed by atoms with Crippen molar-refractivity contribution in [2.45, 2.75) is 25.8 Å². The molecule has 1 unspecified atom stereocenters. The highest BCUT2D eigenvalue weighted by Gasteiger charge is 2.38. The van der Waals surface area contributed by atoms with Gasteiger partial charge in [-0.05, 0) is 31.2 Å². The molecule has 1 aliphatic rings. The van der Waals surface area contributed by atoms with Crippen LogP contribution in [-0.4, -0.2) is 40.7 Å². The van der Waals surface area contributed by atoms with Gasteiger partial charge in [-0.15, -0.1) is 0 Å². The Hall–Kier alpha value is -2.46. The molecule has 1 aliphatic heterocycles. The van der Waals surface area contributed by atoms with Crippen molar-refractivity contribution in [2.75, 3.05) is 18.4 Å². The van der Waals surface area contributed by atoms with Crippen LogP contribution in [0.4, 0.5) is 18.3 Å².